The molecule has 8 aromatic carbocycles. The Morgan fingerprint density at radius 2 is 1.10 bits per heavy atom. The van der Waals surface area contributed by atoms with Gasteiger partial charge in [0.1, 0.15) is 11.6 Å². The van der Waals surface area contributed by atoms with E-state index in [9.17, 15) is 5.11 Å². The molecular formula is C57H42N4O. The first-order valence-corrected chi connectivity index (χ1v) is 21.1. The molecule has 296 valence electrons. The summed E-state index contributed by atoms with van der Waals surface area (Å²) in [5.74, 6) is 0.834. The van der Waals surface area contributed by atoms with Gasteiger partial charge in [-0.1, -0.05) is 159 Å². The van der Waals surface area contributed by atoms with Gasteiger partial charge in [0.15, 0.2) is 0 Å². The fourth-order valence-electron chi connectivity index (χ4n) is 9.24. The molecule has 0 unspecified atom stereocenters. The molecule has 0 bridgehead atoms. The van der Waals surface area contributed by atoms with Gasteiger partial charge in [0.25, 0.3) is 0 Å². The smallest absolute Gasteiger partial charge is 0.149 e. The third kappa shape index (κ3) is 6.09. The maximum atomic E-state index is 11.4. The molecule has 5 nitrogen and oxygen atoms in total. The summed E-state index contributed by atoms with van der Waals surface area (Å²) in [7, 11) is 0. The van der Waals surface area contributed by atoms with Gasteiger partial charge < -0.3 is 9.67 Å². The second-order valence-electron chi connectivity index (χ2n) is 16.4. The second-order valence-corrected chi connectivity index (χ2v) is 16.4. The van der Waals surface area contributed by atoms with Gasteiger partial charge in [0.05, 0.1) is 39.0 Å². The van der Waals surface area contributed by atoms with Crippen molar-refractivity contribution in [1.29, 1.82) is 0 Å². The van der Waals surface area contributed by atoms with E-state index in [1.165, 1.54) is 5.56 Å². The van der Waals surface area contributed by atoms with Crippen LogP contribution < -0.4 is 0 Å². The minimum absolute atomic E-state index is 0.172. The number of rotatable bonds is 8. The quantitative estimate of drug-likeness (QED) is 0.167. The Morgan fingerprint density at radius 3 is 1.89 bits per heavy atom. The van der Waals surface area contributed by atoms with Crippen LogP contribution in [0.5, 0.6) is 5.75 Å². The zero-order chi connectivity index (χ0) is 41.8. The van der Waals surface area contributed by atoms with E-state index in [0.717, 1.165) is 83.3 Å². The Bertz CT molecular complexity index is 3440. The number of pyridine rings is 1. The van der Waals surface area contributed by atoms with Crippen molar-refractivity contribution in [3.05, 3.63) is 224 Å². The second kappa shape index (κ2) is 14.9. The van der Waals surface area contributed by atoms with Gasteiger partial charge in [0, 0.05) is 44.8 Å². The van der Waals surface area contributed by atoms with Gasteiger partial charge in [-0.15, -0.1) is 0 Å². The molecule has 0 fully saturated rings. The fraction of sp³-hybridized carbons (Fsp3) is 0.0526. The summed E-state index contributed by atoms with van der Waals surface area (Å²) < 4.78 is 4.55. The minimum Gasteiger partial charge on any atom is -0.507 e. The molecule has 62 heavy (non-hydrogen) atoms. The van der Waals surface area contributed by atoms with Crippen molar-refractivity contribution >= 4 is 32.8 Å². The lowest BCUT2D eigenvalue weighted by Gasteiger charge is -2.27. The van der Waals surface area contributed by atoms with Gasteiger partial charge in [-0.3, -0.25) is 9.55 Å². The summed E-state index contributed by atoms with van der Waals surface area (Å²) in [5.41, 5.74) is 14.9. The van der Waals surface area contributed by atoms with E-state index in [0.29, 0.717) is 11.4 Å². The van der Waals surface area contributed by atoms with Crippen LogP contribution in [0.3, 0.4) is 0 Å². The molecule has 3 aromatic heterocycles. The molecule has 0 spiro atoms. The van der Waals surface area contributed by atoms with Crippen molar-refractivity contribution in [2.75, 3.05) is 0 Å². The summed E-state index contributed by atoms with van der Waals surface area (Å²) in [4.78, 5) is 10.7. The van der Waals surface area contributed by atoms with Crippen LogP contribution in [0.25, 0.3) is 89.1 Å². The highest BCUT2D eigenvalue weighted by atomic mass is 16.3. The summed E-state index contributed by atoms with van der Waals surface area (Å²) in [6.07, 6.45) is 1.94. The third-order valence-electron chi connectivity index (χ3n) is 12.4. The molecule has 0 aliphatic heterocycles. The number of imidazole rings is 1. The predicted molar refractivity (Wildman–Crippen MR) is 255 cm³/mol. The number of phenolic OH excluding ortho intramolecular Hbond substituents is 1. The number of fused-ring (bicyclic) bond motifs is 4. The molecule has 0 saturated heterocycles. The number of hydrogen-bond acceptors (Lipinski definition) is 3. The number of benzene rings is 8. The van der Waals surface area contributed by atoms with Crippen LogP contribution in [0, 0.1) is 0 Å². The zero-order valence-electron chi connectivity index (χ0n) is 34.4. The van der Waals surface area contributed by atoms with Crippen LogP contribution in [-0.4, -0.2) is 24.2 Å². The number of phenols is 1. The number of aromatic hydroxyl groups is 1. The summed E-state index contributed by atoms with van der Waals surface area (Å²) in [5, 5.41) is 13.7. The molecule has 11 rings (SSSR count). The van der Waals surface area contributed by atoms with Crippen molar-refractivity contribution in [2.45, 2.75) is 19.3 Å². The van der Waals surface area contributed by atoms with E-state index < -0.39 is 0 Å². The number of hydrogen-bond donors (Lipinski definition) is 1. The largest absolute Gasteiger partial charge is 0.507 e. The molecule has 3 heterocycles. The first-order valence-electron chi connectivity index (χ1n) is 21.1. The standard InChI is InChI=1S/C57H42N4O/c1-57(2,41-21-8-4-9-22-41)42-36-39(35-40(37-42)54-53-46-26-13-16-30-49(46)60(50(53)33-34-58-54)43-23-10-5-11-24-43)45-28-18-31-51-55(45)59-56(47-27-14-17-32-52(47)62)61(51)48-29-15-12-25-44(48)38-19-6-3-7-20-38/h3-37,62H,1-2H3. The first-order chi connectivity index (χ1) is 30.5. The van der Waals surface area contributed by atoms with E-state index in [1.807, 2.05) is 30.5 Å². The van der Waals surface area contributed by atoms with Gasteiger partial charge in [0.2, 0.25) is 0 Å². The van der Waals surface area contributed by atoms with Crippen LogP contribution >= 0.6 is 0 Å². The Hall–Kier alpha value is -8.02. The lowest BCUT2D eigenvalue weighted by atomic mass is 9.76. The predicted octanol–water partition coefficient (Wildman–Crippen LogP) is 14.2. The molecule has 0 saturated carbocycles. The third-order valence-corrected chi connectivity index (χ3v) is 12.4. The number of para-hydroxylation sites is 5. The average molecular weight is 799 g/mol. The molecule has 1 N–H and O–H groups in total. The van der Waals surface area contributed by atoms with Crippen LogP contribution in [0.2, 0.25) is 0 Å². The summed E-state index contributed by atoms with van der Waals surface area (Å²) >= 11 is 0. The highest BCUT2D eigenvalue weighted by Gasteiger charge is 2.27. The molecule has 0 amide bonds. The first kappa shape index (κ1) is 37.0. The van der Waals surface area contributed by atoms with Crippen molar-refractivity contribution in [2.24, 2.45) is 0 Å². The van der Waals surface area contributed by atoms with E-state index in [4.69, 9.17) is 9.97 Å². The summed E-state index contributed by atoms with van der Waals surface area (Å²) in [6.45, 7) is 4.60. The number of aromatic nitrogens is 4. The maximum absolute atomic E-state index is 11.4. The molecule has 0 radical (unpaired) electrons. The van der Waals surface area contributed by atoms with Gasteiger partial charge in [-0.2, -0.15) is 0 Å². The lowest BCUT2D eigenvalue weighted by Crippen LogP contribution is -2.19. The van der Waals surface area contributed by atoms with Crippen molar-refractivity contribution in [3.63, 3.8) is 0 Å². The van der Waals surface area contributed by atoms with Gasteiger partial charge in [-0.25, -0.2) is 4.98 Å². The Labute approximate surface area is 360 Å². The average Bonchev–Trinajstić information content (AvgIpc) is 3.89. The maximum Gasteiger partial charge on any atom is 0.149 e. The van der Waals surface area contributed by atoms with E-state index in [-0.39, 0.29) is 11.2 Å². The fourth-order valence-corrected chi connectivity index (χ4v) is 9.24. The molecule has 5 heteroatoms. The Morgan fingerprint density at radius 1 is 0.468 bits per heavy atom. The summed E-state index contributed by atoms with van der Waals surface area (Å²) in [6, 6.07) is 71.8. The van der Waals surface area contributed by atoms with E-state index >= 15 is 0 Å². The SMILES string of the molecule is CC(C)(c1ccccc1)c1cc(-c2cccc3c2nc(-c2ccccc2O)n3-c2ccccc2-c2ccccc2)cc(-c2nccc3c2c2ccccc2n3-c2ccccc2)c1. The molecular weight excluding hydrogens is 757 g/mol. The lowest BCUT2D eigenvalue weighted by molar-refractivity contribution is 0.477. The van der Waals surface area contributed by atoms with Crippen LogP contribution in [0.4, 0.5) is 0 Å². The Balaban J connectivity index is 1.21. The van der Waals surface area contributed by atoms with Crippen molar-refractivity contribution < 1.29 is 5.11 Å². The molecule has 0 aliphatic carbocycles. The van der Waals surface area contributed by atoms with Crippen LogP contribution in [0.1, 0.15) is 25.0 Å². The topological polar surface area (TPSA) is 55.9 Å². The molecule has 0 aliphatic rings. The van der Waals surface area contributed by atoms with E-state index in [1.54, 1.807) is 6.07 Å². The molecule has 11 aromatic rings. The normalized spacial score (nSPS) is 11.8. The van der Waals surface area contributed by atoms with Crippen LogP contribution in [0.15, 0.2) is 212 Å². The zero-order valence-corrected chi connectivity index (χ0v) is 34.4. The molecule has 0 atom stereocenters. The van der Waals surface area contributed by atoms with Crippen LogP contribution in [-0.2, 0) is 5.41 Å². The monoisotopic (exact) mass is 798 g/mol. The highest BCUT2D eigenvalue weighted by molar-refractivity contribution is 6.15. The number of nitrogens with zero attached hydrogens (tertiary/aromatic N) is 4. The highest BCUT2D eigenvalue weighted by Crippen LogP contribution is 2.44. The van der Waals surface area contributed by atoms with Gasteiger partial charge in [-0.05, 0) is 82.9 Å². The van der Waals surface area contributed by atoms with E-state index in [2.05, 4.69) is 199 Å². The Kier molecular flexibility index (Phi) is 8.90. The van der Waals surface area contributed by atoms with Crippen molar-refractivity contribution in [1.82, 2.24) is 19.1 Å². The van der Waals surface area contributed by atoms with Crippen molar-refractivity contribution in [3.8, 4) is 62.0 Å². The minimum atomic E-state index is -0.360. The van der Waals surface area contributed by atoms with Gasteiger partial charge >= 0.3 is 0 Å².